The minimum Gasteiger partial charge on any atom is -0.462 e. The van der Waals surface area contributed by atoms with Gasteiger partial charge in [0.2, 0.25) is 0 Å². The fourth-order valence-corrected chi connectivity index (χ4v) is 11.6. The van der Waals surface area contributed by atoms with E-state index < -0.39 is 26.5 Å². The number of phosphoric acid groups is 1. The highest BCUT2D eigenvalue weighted by Gasteiger charge is 2.27. The molecule has 0 aliphatic heterocycles. The predicted molar refractivity (Wildman–Crippen MR) is 376 cm³/mol. The predicted octanol–water partition coefficient (Wildman–Crippen LogP) is 24.3. The van der Waals surface area contributed by atoms with Gasteiger partial charge >= 0.3 is 19.8 Å². The Hall–Kier alpha value is -2.55. The smallest absolute Gasteiger partial charge is 0.462 e. The van der Waals surface area contributed by atoms with Gasteiger partial charge in [-0.1, -0.05) is 350 Å². The molecule has 87 heavy (non-hydrogen) atoms. The molecule has 9 nitrogen and oxygen atoms in total. The summed E-state index contributed by atoms with van der Waals surface area (Å²) in [6, 6.07) is 0. The van der Waals surface area contributed by atoms with E-state index in [-0.39, 0.29) is 25.6 Å². The summed E-state index contributed by atoms with van der Waals surface area (Å²) >= 11 is 0. The van der Waals surface area contributed by atoms with Crippen molar-refractivity contribution in [2.75, 3.05) is 47.5 Å². The van der Waals surface area contributed by atoms with Gasteiger partial charge in [-0.25, -0.2) is 4.57 Å². The number of nitrogens with zero attached hydrogens (tertiary/aromatic N) is 1. The van der Waals surface area contributed by atoms with Crippen LogP contribution in [0.15, 0.2) is 72.9 Å². The molecule has 0 radical (unpaired) electrons. The van der Waals surface area contributed by atoms with Crippen LogP contribution >= 0.6 is 7.82 Å². The second-order valence-electron chi connectivity index (χ2n) is 26.3. The molecular weight excluding hydrogens is 1100 g/mol. The molecule has 0 bridgehead atoms. The minimum atomic E-state index is -4.39. The first-order valence-corrected chi connectivity index (χ1v) is 38.7. The number of hydrogen-bond acceptors (Lipinski definition) is 7. The van der Waals surface area contributed by atoms with Crippen LogP contribution < -0.4 is 0 Å². The van der Waals surface area contributed by atoms with Crippen LogP contribution in [0.3, 0.4) is 0 Å². The van der Waals surface area contributed by atoms with Crippen molar-refractivity contribution >= 4 is 19.8 Å². The fourth-order valence-electron chi connectivity index (χ4n) is 10.8. The normalized spacial score (nSPS) is 13.5. The van der Waals surface area contributed by atoms with Gasteiger partial charge in [0, 0.05) is 12.8 Å². The zero-order valence-electron chi connectivity index (χ0n) is 58.0. The highest BCUT2D eigenvalue weighted by Crippen LogP contribution is 2.43. The fraction of sp³-hybridized carbons (Fsp3) is 0.818. The van der Waals surface area contributed by atoms with Gasteiger partial charge in [-0.3, -0.25) is 18.6 Å². The highest BCUT2D eigenvalue weighted by atomic mass is 31.2. The van der Waals surface area contributed by atoms with Crippen molar-refractivity contribution in [2.45, 2.75) is 360 Å². The van der Waals surface area contributed by atoms with Crippen LogP contribution in [0.5, 0.6) is 0 Å². The van der Waals surface area contributed by atoms with Crippen LogP contribution in [0.1, 0.15) is 354 Å². The summed E-state index contributed by atoms with van der Waals surface area (Å²) in [7, 11) is 1.50. The maximum Gasteiger partial charge on any atom is 0.472 e. The van der Waals surface area contributed by atoms with Gasteiger partial charge in [0.25, 0.3) is 0 Å². The summed E-state index contributed by atoms with van der Waals surface area (Å²) in [5, 5.41) is 0. The van der Waals surface area contributed by atoms with Crippen molar-refractivity contribution < 1.29 is 42.1 Å². The minimum absolute atomic E-state index is 0.0340. The number of carbonyl (C=O) groups excluding carboxylic acids is 2. The van der Waals surface area contributed by atoms with Gasteiger partial charge in [-0.05, 0) is 64.2 Å². The Morgan fingerprint density at radius 1 is 0.368 bits per heavy atom. The Kier molecular flexibility index (Phi) is 65.8. The summed E-state index contributed by atoms with van der Waals surface area (Å²) in [6.07, 6.45) is 91.7. The molecule has 0 aromatic carbocycles. The maximum atomic E-state index is 12.9. The number of carbonyl (C=O) groups is 2. The zero-order valence-corrected chi connectivity index (χ0v) is 58.9. The molecular formula is C77H143NO8P+. The number of quaternary nitrogens is 1. The third-order valence-corrected chi connectivity index (χ3v) is 17.5. The first-order chi connectivity index (χ1) is 42.5. The SMILES string of the molecule is CC/C=C\C/C=C\C/C=C\C/C=C\C/C=C\C/C=C\CCCCCCCCCCCCCCCCCCCCCCCCC(=O)OC(COC(=O)CCCCCCCCCCCCCCCCCCCCCCCC)COP(=O)(O)OCC[N+](C)(C)C. The number of phosphoric ester groups is 1. The molecule has 0 aromatic heterocycles. The molecule has 508 valence electrons. The molecule has 0 saturated heterocycles. The van der Waals surface area contributed by atoms with E-state index in [1.807, 2.05) is 21.1 Å². The molecule has 0 amide bonds. The summed E-state index contributed by atoms with van der Waals surface area (Å²) in [5.74, 6) is -0.776. The molecule has 0 rings (SSSR count). The summed E-state index contributed by atoms with van der Waals surface area (Å²) in [5.41, 5.74) is 0. The van der Waals surface area contributed by atoms with Crippen LogP contribution in [0.25, 0.3) is 0 Å². The van der Waals surface area contributed by atoms with Crippen molar-refractivity contribution in [3.63, 3.8) is 0 Å². The lowest BCUT2D eigenvalue weighted by Crippen LogP contribution is -2.37. The Bertz CT molecular complexity index is 1700. The first-order valence-electron chi connectivity index (χ1n) is 37.2. The molecule has 0 aromatic rings. The number of rotatable bonds is 69. The average molecular weight is 1240 g/mol. The van der Waals surface area contributed by atoms with Gasteiger partial charge in [-0.15, -0.1) is 0 Å². The van der Waals surface area contributed by atoms with Crippen molar-refractivity contribution in [1.29, 1.82) is 0 Å². The molecule has 0 fully saturated rings. The van der Waals surface area contributed by atoms with E-state index in [1.165, 1.54) is 250 Å². The van der Waals surface area contributed by atoms with Crippen LogP contribution in [0.2, 0.25) is 0 Å². The lowest BCUT2D eigenvalue weighted by atomic mass is 10.0. The van der Waals surface area contributed by atoms with E-state index in [0.29, 0.717) is 23.9 Å². The number of hydrogen-bond donors (Lipinski definition) is 1. The molecule has 0 aliphatic rings. The van der Waals surface area contributed by atoms with Gasteiger partial charge in [0.1, 0.15) is 19.8 Å². The van der Waals surface area contributed by atoms with Gasteiger partial charge in [-0.2, -0.15) is 0 Å². The van der Waals surface area contributed by atoms with E-state index in [1.54, 1.807) is 0 Å². The average Bonchev–Trinajstić information content (AvgIpc) is 3.50. The van der Waals surface area contributed by atoms with Crippen LogP contribution in [-0.4, -0.2) is 74.9 Å². The van der Waals surface area contributed by atoms with Crippen LogP contribution in [0, 0.1) is 0 Å². The molecule has 0 spiro atoms. The maximum absolute atomic E-state index is 12.9. The Labute approximate surface area is 539 Å². The van der Waals surface area contributed by atoms with E-state index in [9.17, 15) is 19.0 Å². The molecule has 10 heteroatoms. The summed E-state index contributed by atoms with van der Waals surface area (Å²) in [6.45, 7) is 4.38. The van der Waals surface area contributed by atoms with Gasteiger partial charge in [0.15, 0.2) is 6.10 Å². The highest BCUT2D eigenvalue weighted by molar-refractivity contribution is 7.47. The van der Waals surface area contributed by atoms with Crippen molar-refractivity contribution in [3.8, 4) is 0 Å². The number of likely N-dealkylation sites (N-methyl/N-ethyl adjacent to an activating group) is 1. The van der Waals surface area contributed by atoms with Crippen molar-refractivity contribution in [1.82, 2.24) is 0 Å². The number of unbranched alkanes of at least 4 members (excludes halogenated alkanes) is 43. The number of allylic oxidation sites excluding steroid dienone is 12. The molecule has 0 saturated carbocycles. The van der Waals surface area contributed by atoms with Crippen LogP contribution in [-0.2, 0) is 32.7 Å². The third-order valence-electron chi connectivity index (χ3n) is 16.5. The van der Waals surface area contributed by atoms with Gasteiger partial charge < -0.3 is 18.9 Å². The number of ether oxygens (including phenoxy) is 2. The second-order valence-corrected chi connectivity index (χ2v) is 27.8. The lowest BCUT2D eigenvalue weighted by Gasteiger charge is -2.24. The molecule has 0 heterocycles. The van der Waals surface area contributed by atoms with E-state index in [2.05, 4.69) is 86.8 Å². The number of esters is 2. The largest absolute Gasteiger partial charge is 0.472 e. The van der Waals surface area contributed by atoms with E-state index in [4.69, 9.17) is 18.5 Å². The molecule has 1 N–H and O–H groups in total. The van der Waals surface area contributed by atoms with Gasteiger partial charge in [0.05, 0.1) is 27.7 Å². The summed E-state index contributed by atoms with van der Waals surface area (Å²) < 4.78 is 34.8. The molecule has 0 aliphatic carbocycles. The standard InChI is InChI=1S/C77H142NO8P/c1-6-8-10-12-14-16-18-20-22-24-26-28-30-31-32-33-34-35-36-37-38-39-40-41-42-43-44-45-46-47-48-50-52-54-56-58-60-62-64-66-68-70-77(80)86-75(74-85-87(81,82)84-72-71-78(3,4)5)73-83-76(79)69-67-65-63-61-59-57-55-53-51-49-29-27-25-23-21-19-17-15-13-11-9-7-2/h8,10,14,16,20,22,26,28,31-32,34-35,75H,6-7,9,11-13,15,17-19,21,23-25,27,29-30,33,36-74H2,1-5H3/p+1/b10-8-,16-14-,22-20-,28-26-,32-31-,35-34-. The van der Waals surface area contributed by atoms with Crippen LogP contribution in [0.4, 0.5) is 0 Å². The quantitative estimate of drug-likeness (QED) is 0.0211. The lowest BCUT2D eigenvalue weighted by molar-refractivity contribution is -0.870. The Morgan fingerprint density at radius 3 is 0.977 bits per heavy atom. The monoisotopic (exact) mass is 1240 g/mol. The van der Waals surface area contributed by atoms with Crippen molar-refractivity contribution in [2.24, 2.45) is 0 Å². The zero-order chi connectivity index (χ0) is 63.4. The Morgan fingerprint density at radius 2 is 0.655 bits per heavy atom. The molecule has 2 unspecified atom stereocenters. The Balaban J connectivity index is 3.92. The topological polar surface area (TPSA) is 108 Å². The third kappa shape index (κ3) is 72.4. The van der Waals surface area contributed by atoms with E-state index in [0.717, 1.165) is 70.6 Å². The molecule has 2 atom stereocenters. The summed E-state index contributed by atoms with van der Waals surface area (Å²) in [4.78, 5) is 35.9. The second kappa shape index (κ2) is 67.8. The van der Waals surface area contributed by atoms with Crippen molar-refractivity contribution in [3.05, 3.63) is 72.9 Å². The van der Waals surface area contributed by atoms with E-state index >= 15 is 0 Å². The first kappa shape index (κ1) is 84.5.